The molecule has 142 valence electrons. The molecule has 4 heteroatoms. The van der Waals surface area contributed by atoms with Gasteiger partial charge in [0.15, 0.2) is 0 Å². The average molecular weight is 357 g/mol. The smallest absolute Gasteiger partial charge is 0.213 e. The van der Waals surface area contributed by atoms with Gasteiger partial charge in [0.05, 0.1) is 12.7 Å². The molecule has 1 N–H and O–H groups in total. The summed E-state index contributed by atoms with van der Waals surface area (Å²) in [5.74, 6) is 0.940. The molecule has 1 unspecified atom stereocenters. The maximum atomic E-state index is 10.7. The van der Waals surface area contributed by atoms with E-state index in [1.807, 2.05) is 0 Å². The quantitative estimate of drug-likeness (QED) is 0.882. The van der Waals surface area contributed by atoms with Crippen molar-refractivity contribution in [2.24, 2.45) is 5.92 Å². The van der Waals surface area contributed by atoms with E-state index in [0.29, 0.717) is 12.5 Å². The Labute approximate surface area is 156 Å². The Morgan fingerprint density at radius 2 is 1.81 bits per heavy atom. The fourth-order valence-corrected chi connectivity index (χ4v) is 5.21. The Bertz CT molecular complexity index is 643. The van der Waals surface area contributed by atoms with E-state index < -0.39 is 5.79 Å². The molecule has 0 radical (unpaired) electrons. The summed E-state index contributed by atoms with van der Waals surface area (Å²) in [5.41, 5.74) is 2.12. The molecule has 0 bridgehead atoms. The molecule has 1 spiro atoms. The Kier molecular flexibility index (Phi) is 4.46. The van der Waals surface area contributed by atoms with Gasteiger partial charge in [-0.15, -0.1) is 0 Å². The van der Waals surface area contributed by atoms with Gasteiger partial charge in [-0.25, -0.2) is 0 Å². The van der Waals surface area contributed by atoms with Gasteiger partial charge < -0.3 is 14.6 Å². The molecule has 26 heavy (non-hydrogen) atoms. The third-order valence-corrected chi connectivity index (χ3v) is 7.21. The first kappa shape index (κ1) is 17.0. The Balaban J connectivity index is 1.26. The van der Waals surface area contributed by atoms with Crippen LogP contribution in [0.25, 0.3) is 0 Å². The number of hydrogen-bond acceptors (Lipinski definition) is 4. The number of benzene rings is 1. The highest BCUT2D eigenvalue weighted by Gasteiger charge is 2.42. The fraction of sp³-hybridized carbons (Fsp3) is 0.727. The monoisotopic (exact) mass is 357 g/mol. The summed E-state index contributed by atoms with van der Waals surface area (Å²) in [7, 11) is 0. The fourth-order valence-electron chi connectivity index (χ4n) is 5.21. The maximum Gasteiger partial charge on any atom is 0.213 e. The largest absolute Gasteiger partial charge is 0.462 e. The number of hydrogen-bond donors (Lipinski definition) is 1. The Morgan fingerprint density at radius 3 is 2.50 bits per heavy atom. The third-order valence-electron chi connectivity index (χ3n) is 7.21. The van der Waals surface area contributed by atoms with E-state index in [1.54, 1.807) is 0 Å². The van der Waals surface area contributed by atoms with E-state index in [9.17, 15) is 5.11 Å². The molecular weight excluding hydrogens is 326 g/mol. The second kappa shape index (κ2) is 6.81. The first-order valence-corrected chi connectivity index (χ1v) is 10.6. The lowest BCUT2D eigenvalue weighted by Crippen LogP contribution is -2.54. The van der Waals surface area contributed by atoms with Gasteiger partial charge in [-0.3, -0.25) is 4.90 Å². The molecule has 1 saturated heterocycles. The molecule has 1 aromatic rings. The number of piperidine rings is 1. The van der Waals surface area contributed by atoms with Crippen LogP contribution in [0.3, 0.4) is 0 Å². The zero-order valence-electron chi connectivity index (χ0n) is 15.7. The normalized spacial score (nSPS) is 27.7. The summed E-state index contributed by atoms with van der Waals surface area (Å²) in [4.78, 5) is 2.62. The van der Waals surface area contributed by atoms with Crippen molar-refractivity contribution in [3.63, 3.8) is 0 Å². The van der Waals surface area contributed by atoms with E-state index in [0.717, 1.165) is 61.7 Å². The number of nitrogens with zero attached hydrogens (tertiary/aromatic N) is 1. The summed E-state index contributed by atoms with van der Waals surface area (Å²) in [5, 5.41) is 10.7. The van der Waals surface area contributed by atoms with Crippen LogP contribution >= 0.6 is 0 Å². The van der Waals surface area contributed by atoms with Crippen molar-refractivity contribution < 1.29 is 14.6 Å². The summed E-state index contributed by atoms with van der Waals surface area (Å²) >= 11 is 0. The Hall–Kier alpha value is -1.10. The van der Waals surface area contributed by atoms with Crippen molar-refractivity contribution in [3.8, 4) is 5.75 Å². The molecule has 0 amide bonds. The highest BCUT2D eigenvalue weighted by atomic mass is 16.7. The van der Waals surface area contributed by atoms with Crippen LogP contribution in [0, 0.1) is 5.92 Å². The summed E-state index contributed by atoms with van der Waals surface area (Å²) in [6.45, 7) is 2.76. The molecule has 2 saturated carbocycles. The number of likely N-dealkylation sites (tertiary alicyclic amines) is 1. The van der Waals surface area contributed by atoms with Gasteiger partial charge in [0.2, 0.25) is 5.79 Å². The molecule has 2 heterocycles. The highest BCUT2D eigenvalue weighted by molar-refractivity contribution is 5.39. The van der Waals surface area contributed by atoms with Gasteiger partial charge in [0, 0.05) is 37.5 Å². The molecule has 2 aliphatic heterocycles. The van der Waals surface area contributed by atoms with Crippen LogP contribution in [0.2, 0.25) is 0 Å². The lowest BCUT2D eigenvalue weighted by molar-refractivity contribution is -0.231. The van der Waals surface area contributed by atoms with Crippen molar-refractivity contribution in [2.45, 2.75) is 82.3 Å². The third kappa shape index (κ3) is 3.06. The number of fused-ring (bicyclic) bond motifs is 1. The highest BCUT2D eigenvalue weighted by Crippen LogP contribution is 2.41. The molecule has 2 aliphatic carbocycles. The Morgan fingerprint density at radius 1 is 1.04 bits per heavy atom. The van der Waals surface area contributed by atoms with E-state index in [4.69, 9.17) is 9.47 Å². The van der Waals surface area contributed by atoms with Gasteiger partial charge >= 0.3 is 0 Å². The van der Waals surface area contributed by atoms with Gasteiger partial charge in [0.1, 0.15) is 5.75 Å². The van der Waals surface area contributed by atoms with Gasteiger partial charge in [-0.2, -0.15) is 0 Å². The van der Waals surface area contributed by atoms with Crippen LogP contribution in [0.1, 0.15) is 75.0 Å². The van der Waals surface area contributed by atoms with E-state index in [-0.39, 0.29) is 6.10 Å². The lowest BCUT2D eigenvalue weighted by atomic mass is 9.89. The van der Waals surface area contributed by atoms with Crippen molar-refractivity contribution in [1.29, 1.82) is 0 Å². The number of aliphatic hydroxyl groups excluding tert-OH is 1. The molecule has 1 atom stereocenters. The van der Waals surface area contributed by atoms with Gasteiger partial charge in [-0.1, -0.05) is 25.3 Å². The number of rotatable bonds is 3. The minimum atomic E-state index is -0.432. The summed E-state index contributed by atoms with van der Waals surface area (Å²) in [6.07, 6.45) is 10.5. The zero-order valence-corrected chi connectivity index (χ0v) is 15.7. The van der Waals surface area contributed by atoms with Gasteiger partial charge in [0.25, 0.3) is 0 Å². The predicted octanol–water partition coefficient (Wildman–Crippen LogP) is 4.16. The second-order valence-electron chi connectivity index (χ2n) is 8.78. The molecule has 3 fully saturated rings. The van der Waals surface area contributed by atoms with Crippen molar-refractivity contribution in [1.82, 2.24) is 4.90 Å². The minimum Gasteiger partial charge on any atom is -0.462 e. The van der Waals surface area contributed by atoms with Crippen LogP contribution in [0.5, 0.6) is 5.75 Å². The maximum absolute atomic E-state index is 10.7. The van der Waals surface area contributed by atoms with Crippen LogP contribution < -0.4 is 4.74 Å². The summed E-state index contributed by atoms with van der Waals surface area (Å²) < 4.78 is 12.6. The van der Waals surface area contributed by atoms with Crippen molar-refractivity contribution in [2.75, 3.05) is 13.1 Å². The van der Waals surface area contributed by atoms with Crippen molar-refractivity contribution >= 4 is 0 Å². The van der Waals surface area contributed by atoms with E-state index in [2.05, 4.69) is 23.1 Å². The molecule has 4 aliphatic rings. The molecule has 0 aromatic heterocycles. The van der Waals surface area contributed by atoms with Crippen LogP contribution in [-0.4, -0.2) is 34.9 Å². The predicted molar refractivity (Wildman–Crippen MR) is 100.0 cm³/mol. The van der Waals surface area contributed by atoms with Gasteiger partial charge in [-0.05, 0) is 49.3 Å². The van der Waals surface area contributed by atoms with Crippen LogP contribution in [0.4, 0.5) is 0 Å². The first-order valence-electron chi connectivity index (χ1n) is 10.6. The lowest BCUT2D eigenvalue weighted by Gasteiger charge is -2.47. The first-order chi connectivity index (χ1) is 12.7. The number of aliphatic hydroxyl groups is 1. The minimum absolute atomic E-state index is 0.343. The van der Waals surface area contributed by atoms with Crippen LogP contribution in [-0.2, 0) is 11.3 Å². The van der Waals surface area contributed by atoms with Crippen molar-refractivity contribution in [3.05, 3.63) is 29.3 Å². The average Bonchev–Trinajstić information content (AvgIpc) is 3.16. The topological polar surface area (TPSA) is 41.9 Å². The SMILES string of the molecule is OC(c1ccc2c(c1)COC1(CCN(C3CCC3)CC1)O2)C1CCCC1. The van der Waals surface area contributed by atoms with E-state index in [1.165, 1.54) is 32.1 Å². The van der Waals surface area contributed by atoms with Crippen LogP contribution in [0.15, 0.2) is 18.2 Å². The zero-order chi connectivity index (χ0) is 17.6. The van der Waals surface area contributed by atoms with E-state index >= 15 is 0 Å². The molecule has 4 nitrogen and oxygen atoms in total. The molecule has 1 aromatic carbocycles. The standard InChI is InChI=1S/C22H31NO3/c24-21(16-4-1-2-5-16)17-8-9-20-18(14-17)15-25-22(26-20)10-12-23(13-11-22)19-6-3-7-19/h8-9,14,16,19,21,24H,1-7,10-13,15H2. The number of ether oxygens (including phenoxy) is 2. The second-order valence-corrected chi connectivity index (χ2v) is 8.78. The molecule has 5 rings (SSSR count). The molecular formula is C22H31NO3. The summed E-state index contributed by atoms with van der Waals surface area (Å²) in [6, 6.07) is 7.03.